The van der Waals surface area contributed by atoms with Gasteiger partial charge in [0.05, 0.1) is 29.4 Å². The number of nitro groups is 1. The van der Waals surface area contributed by atoms with Crippen LogP contribution in [0.15, 0.2) is 24.5 Å². The first-order chi connectivity index (χ1) is 15.5. The highest BCUT2D eigenvalue weighted by Crippen LogP contribution is 2.43. The molecule has 0 radical (unpaired) electrons. The first-order valence-corrected chi connectivity index (χ1v) is 11.6. The van der Waals surface area contributed by atoms with E-state index in [1.54, 1.807) is 23.0 Å². The fourth-order valence-electron chi connectivity index (χ4n) is 5.26. The van der Waals surface area contributed by atoms with Crippen LogP contribution in [0.25, 0.3) is 11.1 Å². The molecule has 9 nitrogen and oxygen atoms in total. The Hall–Kier alpha value is -2.65. The molecule has 1 spiro atoms. The summed E-state index contributed by atoms with van der Waals surface area (Å²) in [5.74, 6) is 0.268. The molecule has 2 aromatic rings. The van der Waals surface area contributed by atoms with Gasteiger partial charge in [0.15, 0.2) is 5.75 Å². The van der Waals surface area contributed by atoms with Crippen molar-refractivity contribution in [3.63, 3.8) is 0 Å². The lowest BCUT2D eigenvalue weighted by Gasteiger charge is -2.54. The Morgan fingerprint density at radius 2 is 1.91 bits per heavy atom. The van der Waals surface area contributed by atoms with E-state index in [0.717, 1.165) is 55.8 Å². The van der Waals surface area contributed by atoms with Crippen LogP contribution < -0.4 is 9.64 Å². The van der Waals surface area contributed by atoms with Crippen molar-refractivity contribution < 1.29 is 14.4 Å². The molecule has 9 heteroatoms. The zero-order valence-electron chi connectivity index (χ0n) is 20.5. The van der Waals surface area contributed by atoms with Crippen LogP contribution in [0, 0.1) is 10.1 Å². The van der Waals surface area contributed by atoms with Crippen LogP contribution in [0.3, 0.4) is 0 Å². The third-order valence-corrected chi connectivity index (χ3v) is 6.82. The van der Waals surface area contributed by atoms with E-state index < -0.39 is 4.92 Å². The Morgan fingerprint density at radius 3 is 2.45 bits per heavy atom. The molecular weight excluding hydrogens is 422 g/mol. The zero-order valence-corrected chi connectivity index (χ0v) is 20.5. The normalized spacial score (nSPS) is 20.4. The predicted octanol–water partition coefficient (Wildman–Crippen LogP) is 3.86. The Kier molecular flexibility index (Phi) is 6.13. The van der Waals surface area contributed by atoms with Gasteiger partial charge in [-0.2, -0.15) is 5.10 Å². The number of anilines is 1. The van der Waals surface area contributed by atoms with Crippen molar-refractivity contribution in [1.82, 2.24) is 14.7 Å². The van der Waals surface area contributed by atoms with Gasteiger partial charge < -0.3 is 14.4 Å². The van der Waals surface area contributed by atoms with Crippen LogP contribution in [-0.4, -0.2) is 70.1 Å². The first-order valence-electron chi connectivity index (χ1n) is 11.6. The van der Waals surface area contributed by atoms with Gasteiger partial charge in [-0.15, -0.1) is 0 Å². The zero-order chi connectivity index (χ0) is 24.0. The smallest absolute Gasteiger partial charge is 0.311 e. The Bertz CT molecular complexity index is 1020. The number of piperidine rings is 1. The summed E-state index contributed by atoms with van der Waals surface area (Å²) < 4.78 is 13.8. The molecule has 0 atom stereocenters. The first kappa shape index (κ1) is 23.5. The molecule has 2 aliphatic rings. The third kappa shape index (κ3) is 4.70. The fraction of sp³-hybridized carbons (Fsp3) is 0.625. The Labute approximate surface area is 195 Å². The maximum atomic E-state index is 11.7. The van der Waals surface area contributed by atoms with Gasteiger partial charge in [0, 0.05) is 74.4 Å². The fourth-order valence-corrected chi connectivity index (χ4v) is 5.26. The molecule has 0 saturated carbocycles. The average molecular weight is 458 g/mol. The largest absolute Gasteiger partial charge is 0.490 e. The number of aromatic nitrogens is 2. The second-order valence-corrected chi connectivity index (χ2v) is 10.2. The summed E-state index contributed by atoms with van der Waals surface area (Å²) in [6.45, 7) is 12.3. The van der Waals surface area contributed by atoms with E-state index in [9.17, 15) is 10.1 Å². The summed E-state index contributed by atoms with van der Waals surface area (Å²) in [4.78, 5) is 16.1. The summed E-state index contributed by atoms with van der Waals surface area (Å²) in [6, 6.07) is 3.88. The van der Waals surface area contributed by atoms with Crippen molar-refractivity contribution in [1.29, 1.82) is 0 Å². The molecule has 0 amide bonds. The van der Waals surface area contributed by atoms with E-state index in [2.05, 4.69) is 42.6 Å². The highest BCUT2D eigenvalue weighted by molar-refractivity contribution is 5.82. The van der Waals surface area contributed by atoms with Gasteiger partial charge in [-0.3, -0.25) is 19.7 Å². The van der Waals surface area contributed by atoms with Gasteiger partial charge in [0.1, 0.15) is 0 Å². The average Bonchev–Trinajstić information content (AvgIpc) is 3.18. The highest BCUT2D eigenvalue weighted by atomic mass is 16.6. The second kappa shape index (κ2) is 8.61. The molecule has 0 unspecified atom stereocenters. The molecule has 180 valence electrons. The number of morpholine rings is 1. The molecule has 0 aliphatic carbocycles. The van der Waals surface area contributed by atoms with Crippen molar-refractivity contribution in [2.75, 3.05) is 38.2 Å². The van der Waals surface area contributed by atoms with E-state index in [-0.39, 0.29) is 22.6 Å². The summed E-state index contributed by atoms with van der Waals surface area (Å²) in [5.41, 5.74) is 2.15. The Morgan fingerprint density at radius 1 is 1.21 bits per heavy atom. The lowest BCUT2D eigenvalue weighted by Crippen LogP contribution is -2.63. The van der Waals surface area contributed by atoms with E-state index in [0.29, 0.717) is 6.04 Å². The van der Waals surface area contributed by atoms with E-state index in [4.69, 9.17) is 9.47 Å². The van der Waals surface area contributed by atoms with Crippen molar-refractivity contribution in [2.24, 2.45) is 7.05 Å². The number of methoxy groups -OCH3 is 1. The number of nitro benzene ring substituents is 1. The van der Waals surface area contributed by atoms with Crippen molar-refractivity contribution in [3.8, 4) is 16.9 Å². The molecule has 0 bridgehead atoms. The molecule has 2 saturated heterocycles. The van der Waals surface area contributed by atoms with Gasteiger partial charge in [0.25, 0.3) is 0 Å². The molecular formula is C24H35N5O4. The van der Waals surface area contributed by atoms with Gasteiger partial charge in [-0.25, -0.2) is 0 Å². The van der Waals surface area contributed by atoms with Crippen molar-refractivity contribution in [2.45, 2.75) is 57.8 Å². The van der Waals surface area contributed by atoms with Crippen LogP contribution in [-0.2, 0) is 11.8 Å². The summed E-state index contributed by atoms with van der Waals surface area (Å²) in [5, 5.41) is 16.0. The molecule has 0 N–H and O–H groups in total. The molecule has 1 aromatic heterocycles. The Balaban J connectivity index is 1.66. The lowest BCUT2D eigenvalue weighted by molar-refractivity contribution is -0.385. The standard InChI is InChI=1S/C24H35N5O4/c1-17(2)28-15-23(3,4)33-24(16-28)7-9-27(10-8-24)20-12-22(32-6)21(29(30)31)11-19(20)18-13-25-26(5)14-18/h11-14,17H,7-10,15-16H2,1-6H3. The van der Waals surface area contributed by atoms with Gasteiger partial charge >= 0.3 is 5.69 Å². The monoisotopic (exact) mass is 457 g/mol. The van der Waals surface area contributed by atoms with Crippen LogP contribution >= 0.6 is 0 Å². The summed E-state index contributed by atoms with van der Waals surface area (Å²) in [7, 11) is 3.31. The van der Waals surface area contributed by atoms with Crippen LogP contribution in [0.4, 0.5) is 11.4 Å². The van der Waals surface area contributed by atoms with Gasteiger partial charge in [-0.1, -0.05) is 0 Å². The topological polar surface area (TPSA) is 85.9 Å². The number of hydrogen-bond acceptors (Lipinski definition) is 7. The minimum atomic E-state index is -0.397. The molecule has 1 aromatic carbocycles. The minimum Gasteiger partial charge on any atom is -0.490 e. The number of aryl methyl sites for hydroxylation is 1. The van der Waals surface area contributed by atoms with E-state index in [1.165, 1.54) is 7.11 Å². The maximum absolute atomic E-state index is 11.7. The molecule has 3 heterocycles. The number of hydrogen-bond donors (Lipinski definition) is 0. The lowest BCUT2D eigenvalue weighted by atomic mass is 9.85. The molecule has 4 rings (SSSR count). The molecule has 2 fully saturated rings. The molecule has 33 heavy (non-hydrogen) atoms. The van der Waals surface area contributed by atoms with Gasteiger partial charge in [0.2, 0.25) is 0 Å². The van der Waals surface area contributed by atoms with Crippen molar-refractivity contribution in [3.05, 3.63) is 34.6 Å². The molecule has 2 aliphatic heterocycles. The second-order valence-electron chi connectivity index (χ2n) is 10.2. The third-order valence-electron chi connectivity index (χ3n) is 6.82. The van der Waals surface area contributed by atoms with Crippen LogP contribution in [0.5, 0.6) is 5.75 Å². The van der Waals surface area contributed by atoms with E-state index in [1.807, 2.05) is 13.2 Å². The SMILES string of the molecule is COc1cc(N2CCC3(CC2)CN(C(C)C)CC(C)(C)O3)c(-c2cnn(C)c2)cc1[N+](=O)[O-]. The van der Waals surface area contributed by atoms with Gasteiger partial charge in [-0.05, 0) is 40.5 Å². The number of rotatable bonds is 5. The number of ether oxygens (including phenoxy) is 2. The quantitative estimate of drug-likeness (QED) is 0.498. The highest BCUT2D eigenvalue weighted by Gasteiger charge is 2.46. The number of benzene rings is 1. The van der Waals surface area contributed by atoms with Crippen molar-refractivity contribution >= 4 is 11.4 Å². The van der Waals surface area contributed by atoms with Crippen LogP contribution in [0.1, 0.15) is 40.5 Å². The minimum absolute atomic E-state index is 0.0430. The summed E-state index contributed by atoms with van der Waals surface area (Å²) >= 11 is 0. The van der Waals surface area contributed by atoms with Crippen LogP contribution in [0.2, 0.25) is 0 Å². The number of nitrogens with zero attached hydrogens (tertiary/aromatic N) is 5. The summed E-state index contributed by atoms with van der Waals surface area (Å²) in [6.07, 6.45) is 5.42. The maximum Gasteiger partial charge on any atom is 0.311 e. The predicted molar refractivity (Wildman–Crippen MR) is 128 cm³/mol. The van der Waals surface area contributed by atoms with E-state index >= 15 is 0 Å².